The standard InChI is InChI=1S/C18H17ClF2N2O/c1-12-2-4-14(19)11-17(12)22-6-8-23(9-7-22)18(24)13-3-5-15(20)16(21)10-13/h2-5,10-11H,6-9H2,1H3. The molecule has 3 rings (SSSR count). The van der Waals surface area contributed by atoms with Crippen molar-refractivity contribution in [1.82, 2.24) is 4.90 Å². The number of amides is 1. The van der Waals surface area contributed by atoms with Crippen molar-refractivity contribution >= 4 is 23.2 Å². The lowest BCUT2D eigenvalue weighted by molar-refractivity contribution is 0.0746. The predicted octanol–water partition coefficient (Wildman–Crippen LogP) is 3.89. The highest BCUT2D eigenvalue weighted by Crippen LogP contribution is 2.25. The third kappa shape index (κ3) is 3.36. The van der Waals surface area contributed by atoms with E-state index in [1.54, 1.807) is 4.90 Å². The lowest BCUT2D eigenvalue weighted by Gasteiger charge is -2.37. The Morgan fingerprint density at radius 3 is 2.38 bits per heavy atom. The van der Waals surface area contributed by atoms with Gasteiger partial charge in [0.2, 0.25) is 0 Å². The molecule has 0 saturated carbocycles. The van der Waals surface area contributed by atoms with Crippen LogP contribution in [0.4, 0.5) is 14.5 Å². The van der Waals surface area contributed by atoms with E-state index in [0.717, 1.165) is 23.4 Å². The molecule has 0 bridgehead atoms. The van der Waals surface area contributed by atoms with Gasteiger partial charge in [-0.2, -0.15) is 0 Å². The molecule has 0 aromatic heterocycles. The third-order valence-corrected chi connectivity index (χ3v) is 4.48. The molecule has 6 heteroatoms. The average molecular weight is 351 g/mol. The van der Waals surface area contributed by atoms with Crippen molar-refractivity contribution in [2.75, 3.05) is 31.1 Å². The van der Waals surface area contributed by atoms with Gasteiger partial charge in [-0.25, -0.2) is 8.78 Å². The van der Waals surface area contributed by atoms with Crippen LogP contribution in [0.15, 0.2) is 36.4 Å². The summed E-state index contributed by atoms with van der Waals surface area (Å²) in [6.07, 6.45) is 0. The van der Waals surface area contributed by atoms with E-state index in [2.05, 4.69) is 4.90 Å². The molecule has 3 nitrogen and oxygen atoms in total. The van der Waals surface area contributed by atoms with E-state index in [-0.39, 0.29) is 11.5 Å². The Morgan fingerprint density at radius 2 is 1.71 bits per heavy atom. The average Bonchev–Trinajstić information content (AvgIpc) is 2.59. The topological polar surface area (TPSA) is 23.6 Å². The smallest absolute Gasteiger partial charge is 0.254 e. The third-order valence-electron chi connectivity index (χ3n) is 4.25. The summed E-state index contributed by atoms with van der Waals surface area (Å²) in [5, 5.41) is 0.677. The molecule has 0 radical (unpaired) electrons. The number of hydrogen-bond donors (Lipinski definition) is 0. The first-order chi connectivity index (χ1) is 11.5. The minimum atomic E-state index is -1.01. The van der Waals surface area contributed by atoms with Gasteiger partial charge in [-0.05, 0) is 42.8 Å². The summed E-state index contributed by atoms with van der Waals surface area (Å²) in [6.45, 7) is 4.38. The highest BCUT2D eigenvalue weighted by molar-refractivity contribution is 6.30. The number of nitrogens with zero attached hydrogens (tertiary/aromatic N) is 2. The molecule has 24 heavy (non-hydrogen) atoms. The number of carbonyl (C=O) groups is 1. The number of aryl methyl sites for hydroxylation is 1. The lowest BCUT2D eigenvalue weighted by Crippen LogP contribution is -2.49. The highest BCUT2D eigenvalue weighted by atomic mass is 35.5. The summed E-state index contributed by atoms with van der Waals surface area (Å²) < 4.78 is 26.3. The van der Waals surface area contributed by atoms with Crippen LogP contribution in [0.1, 0.15) is 15.9 Å². The number of piperazine rings is 1. The highest BCUT2D eigenvalue weighted by Gasteiger charge is 2.23. The molecule has 2 aromatic rings. The quantitative estimate of drug-likeness (QED) is 0.820. The van der Waals surface area contributed by atoms with Gasteiger partial charge in [0.05, 0.1) is 0 Å². The number of hydrogen-bond acceptors (Lipinski definition) is 2. The second-order valence-corrected chi connectivity index (χ2v) is 6.28. The van der Waals surface area contributed by atoms with E-state index < -0.39 is 11.6 Å². The van der Waals surface area contributed by atoms with Crippen LogP contribution in [0.5, 0.6) is 0 Å². The second kappa shape index (κ2) is 6.77. The van der Waals surface area contributed by atoms with Crippen LogP contribution < -0.4 is 4.90 Å². The van der Waals surface area contributed by atoms with Gasteiger partial charge in [0.25, 0.3) is 5.91 Å². The van der Waals surface area contributed by atoms with E-state index in [1.165, 1.54) is 6.07 Å². The summed E-state index contributed by atoms with van der Waals surface area (Å²) in [4.78, 5) is 16.3. The van der Waals surface area contributed by atoms with Gasteiger partial charge in [0, 0.05) is 42.5 Å². The Morgan fingerprint density at radius 1 is 1.00 bits per heavy atom. The fraction of sp³-hybridized carbons (Fsp3) is 0.278. The zero-order valence-corrected chi connectivity index (χ0v) is 14.0. The van der Waals surface area contributed by atoms with Crippen LogP contribution in [0.25, 0.3) is 0 Å². The summed E-state index contributed by atoms with van der Waals surface area (Å²) in [6, 6.07) is 8.98. The van der Waals surface area contributed by atoms with Gasteiger partial charge < -0.3 is 9.80 Å². The largest absolute Gasteiger partial charge is 0.368 e. The summed E-state index contributed by atoms with van der Waals surface area (Å²) >= 11 is 6.07. The summed E-state index contributed by atoms with van der Waals surface area (Å²) in [5.41, 5.74) is 2.35. The molecule has 1 fully saturated rings. The van der Waals surface area contributed by atoms with Gasteiger partial charge in [-0.15, -0.1) is 0 Å². The Balaban J connectivity index is 1.69. The Kier molecular flexibility index (Phi) is 4.71. The normalized spacial score (nSPS) is 14.8. The number of benzene rings is 2. The maximum absolute atomic E-state index is 13.3. The van der Waals surface area contributed by atoms with Crippen molar-refractivity contribution in [3.63, 3.8) is 0 Å². The minimum Gasteiger partial charge on any atom is -0.368 e. The van der Waals surface area contributed by atoms with Crippen molar-refractivity contribution < 1.29 is 13.6 Å². The van der Waals surface area contributed by atoms with Gasteiger partial charge in [-0.3, -0.25) is 4.79 Å². The summed E-state index contributed by atoms with van der Waals surface area (Å²) in [7, 11) is 0. The molecule has 0 N–H and O–H groups in total. The molecule has 1 saturated heterocycles. The number of rotatable bonds is 2. The maximum Gasteiger partial charge on any atom is 0.254 e. The van der Waals surface area contributed by atoms with Crippen LogP contribution >= 0.6 is 11.6 Å². The van der Waals surface area contributed by atoms with E-state index in [1.807, 2.05) is 25.1 Å². The second-order valence-electron chi connectivity index (χ2n) is 5.84. The molecular weight excluding hydrogens is 334 g/mol. The lowest BCUT2D eigenvalue weighted by atomic mass is 10.1. The van der Waals surface area contributed by atoms with Crippen molar-refractivity contribution in [2.24, 2.45) is 0 Å². The Labute approximate surface area is 144 Å². The van der Waals surface area contributed by atoms with Crippen LogP contribution in [0.2, 0.25) is 5.02 Å². The van der Waals surface area contributed by atoms with Crippen molar-refractivity contribution in [1.29, 1.82) is 0 Å². The van der Waals surface area contributed by atoms with Gasteiger partial charge >= 0.3 is 0 Å². The molecule has 1 heterocycles. The maximum atomic E-state index is 13.3. The SMILES string of the molecule is Cc1ccc(Cl)cc1N1CCN(C(=O)c2ccc(F)c(F)c2)CC1. The van der Waals surface area contributed by atoms with E-state index in [0.29, 0.717) is 31.2 Å². The first-order valence-corrected chi connectivity index (χ1v) is 8.09. The number of anilines is 1. The number of carbonyl (C=O) groups excluding carboxylic acids is 1. The summed E-state index contributed by atoms with van der Waals surface area (Å²) in [5.74, 6) is -2.24. The monoisotopic (exact) mass is 350 g/mol. The van der Waals surface area contributed by atoms with Crippen molar-refractivity contribution in [2.45, 2.75) is 6.92 Å². The molecule has 2 aromatic carbocycles. The Bertz CT molecular complexity index is 774. The first-order valence-electron chi connectivity index (χ1n) is 7.71. The van der Waals surface area contributed by atoms with E-state index in [4.69, 9.17) is 11.6 Å². The minimum absolute atomic E-state index is 0.168. The predicted molar refractivity (Wildman–Crippen MR) is 90.7 cm³/mol. The van der Waals surface area contributed by atoms with Crippen LogP contribution in [-0.2, 0) is 0 Å². The molecule has 1 amide bonds. The van der Waals surface area contributed by atoms with Crippen LogP contribution in [0.3, 0.4) is 0 Å². The van der Waals surface area contributed by atoms with Crippen molar-refractivity contribution in [3.05, 3.63) is 64.2 Å². The van der Waals surface area contributed by atoms with E-state index in [9.17, 15) is 13.6 Å². The fourth-order valence-corrected chi connectivity index (χ4v) is 3.05. The Hall–Kier alpha value is -2.14. The van der Waals surface area contributed by atoms with Gasteiger partial charge in [0.1, 0.15) is 0 Å². The van der Waals surface area contributed by atoms with Crippen molar-refractivity contribution in [3.8, 4) is 0 Å². The van der Waals surface area contributed by atoms with Crippen LogP contribution in [0, 0.1) is 18.6 Å². The van der Waals surface area contributed by atoms with Gasteiger partial charge in [0.15, 0.2) is 11.6 Å². The van der Waals surface area contributed by atoms with E-state index >= 15 is 0 Å². The first kappa shape index (κ1) is 16.7. The molecule has 1 aliphatic rings. The molecular formula is C18H17ClF2N2O. The molecule has 126 valence electrons. The van der Waals surface area contributed by atoms with Gasteiger partial charge in [-0.1, -0.05) is 17.7 Å². The number of halogens is 3. The zero-order chi connectivity index (χ0) is 17.3. The molecule has 1 aliphatic heterocycles. The molecule has 0 aliphatic carbocycles. The molecule has 0 spiro atoms. The fourth-order valence-electron chi connectivity index (χ4n) is 2.89. The van der Waals surface area contributed by atoms with Crippen LogP contribution in [-0.4, -0.2) is 37.0 Å². The molecule has 0 atom stereocenters. The zero-order valence-electron chi connectivity index (χ0n) is 13.2. The molecule has 0 unspecified atom stereocenters.